The molecule has 160 valence electrons. The lowest BCUT2D eigenvalue weighted by atomic mass is 9.97. The lowest BCUT2D eigenvalue weighted by Gasteiger charge is -2.30. The summed E-state index contributed by atoms with van der Waals surface area (Å²) in [7, 11) is -0.807. The molecule has 9 heteroatoms. The number of methoxy groups -OCH3 is 2. The van der Waals surface area contributed by atoms with Crippen LogP contribution in [0, 0.1) is 5.92 Å². The fraction of sp³-hybridized carbons (Fsp3) is 0.333. The maximum absolute atomic E-state index is 12.8. The molecule has 0 radical (unpaired) electrons. The molecule has 0 unspecified atom stereocenters. The molecular weight excluding hydrogens is 408 g/mol. The summed E-state index contributed by atoms with van der Waals surface area (Å²) in [5.41, 5.74) is 0.840. The summed E-state index contributed by atoms with van der Waals surface area (Å²) in [6, 6.07) is 12.7. The predicted octanol–water partition coefficient (Wildman–Crippen LogP) is 2.52. The second-order valence-corrected chi connectivity index (χ2v) is 8.85. The number of sulfonamides is 1. The number of nitrogens with zero attached hydrogens (tertiary/aromatic N) is 1. The Morgan fingerprint density at radius 3 is 2.30 bits per heavy atom. The second-order valence-electron chi connectivity index (χ2n) is 6.92. The first-order valence-corrected chi connectivity index (χ1v) is 10.9. The fourth-order valence-electron chi connectivity index (χ4n) is 3.34. The molecule has 0 saturated carbocycles. The first-order chi connectivity index (χ1) is 14.3. The second kappa shape index (κ2) is 9.27. The number of nitrogens with one attached hydrogen (secondary N) is 1. The Morgan fingerprint density at radius 2 is 1.70 bits per heavy atom. The van der Waals surface area contributed by atoms with E-state index in [9.17, 15) is 18.0 Å². The molecule has 1 aliphatic rings. The minimum Gasteiger partial charge on any atom is -0.497 e. The van der Waals surface area contributed by atoms with E-state index in [-0.39, 0.29) is 29.8 Å². The molecule has 1 fully saturated rings. The fourth-order valence-corrected chi connectivity index (χ4v) is 4.81. The first-order valence-electron chi connectivity index (χ1n) is 9.48. The van der Waals surface area contributed by atoms with Crippen LogP contribution in [-0.4, -0.2) is 51.9 Å². The highest BCUT2D eigenvalue weighted by Crippen LogP contribution is 2.26. The quantitative estimate of drug-likeness (QED) is 0.704. The van der Waals surface area contributed by atoms with Crippen molar-refractivity contribution in [2.24, 2.45) is 5.92 Å². The summed E-state index contributed by atoms with van der Waals surface area (Å²) in [6.45, 7) is 0.517. The Kier molecular flexibility index (Phi) is 6.73. The van der Waals surface area contributed by atoms with Crippen LogP contribution < -0.4 is 10.1 Å². The van der Waals surface area contributed by atoms with Gasteiger partial charge in [-0.25, -0.2) is 13.2 Å². The smallest absolute Gasteiger partial charge is 0.337 e. The molecule has 30 heavy (non-hydrogen) atoms. The van der Waals surface area contributed by atoms with Gasteiger partial charge in [0.2, 0.25) is 15.9 Å². The average Bonchev–Trinajstić information content (AvgIpc) is 2.78. The Bertz CT molecular complexity index is 1010. The number of rotatable bonds is 6. The normalized spacial score (nSPS) is 15.4. The van der Waals surface area contributed by atoms with E-state index in [0.29, 0.717) is 29.8 Å². The zero-order valence-corrected chi connectivity index (χ0v) is 17.6. The molecule has 0 bridgehead atoms. The number of ether oxygens (including phenoxy) is 2. The van der Waals surface area contributed by atoms with Gasteiger partial charge in [0.05, 0.1) is 24.7 Å². The van der Waals surface area contributed by atoms with Gasteiger partial charge in [0.25, 0.3) is 0 Å². The van der Waals surface area contributed by atoms with Crippen molar-refractivity contribution in [1.29, 1.82) is 0 Å². The Balaban J connectivity index is 1.60. The summed E-state index contributed by atoms with van der Waals surface area (Å²) in [4.78, 5) is 24.4. The van der Waals surface area contributed by atoms with Crippen molar-refractivity contribution in [3.05, 3.63) is 54.1 Å². The van der Waals surface area contributed by atoms with Crippen LogP contribution in [0.25, 0.3) is 0 Å². The van der Waals surface area contributed by atoms with Gasteiger partial charge in [-0.1, -0.05) is 6.07 Å². The van der Waals surface area contributed by atoms with Crippen molar-refractivity contribution in [3.8, 4) is 5.75 Å². The van der Waals surface area contributed by atoms with Gasteiger partial charge in [-0.15, -0.1) is 0 Å². The van der Waals surface area contributed by atoms with Crippen molar-refractivity contribution in [2.75, 3.05) is 32.6 Å². The molecule has 8 nitrogen and oxygen atoms in total. The molecule has 1 saturated heterocycles. The van der Waals surface area contributed by atoms with Crippen LogP contribution in [0.1, 0.15) is 23.2 Å². The van der Waals surface area contributed by atoms with E-state index in [1.54, 1.807) is 36.4 Å². The number of benzene rings is 2. The summed E-state index contributed by atoms with van der Waals surface area (Å²) >= 11 is 0. The molecule has 2 aromatic rings. The monoisotopic (exact) mass is 432 g/mol. The maximum atomic E-state index is 12.8. The number of piperidine rings is 1. The molecule has 3 rings (SSSR count). The van der Waals surface area contributed by atoms with Crippen molar-refractivity contribution in [2.45, 2.75) is 17.7 Å². The van der Waals surface area contributed by atoms with Gasteiger partial charge in [0.15, 0.2) is 0 Å². The van der Waals surface area contributed by atoms with Gasteiger partial charge >= 0.3 is 5.97 Å². The molecule has 0 aliphatic carbocycles. The third-order valence-electron chi connectivity index (χ3n) is 5.07. The van der Waals surface area contributed by atoms with Crippen LogP contribution in [0.2, 0.25) is 0 Å². The third kappa shape index (κ3) is 4.80. The molecule has 2 aromatic carbocycles. The SMILES string of the molecule is COC(=O)c1cccc(NC(=O)C2CCN(S(=O)(=O)c3ccc(OC)cc3)CC2)c1. The number of amides is 1. The van der Waals surface area contributed by atoms with Gasteiger partial charge < -0.3 is 14.8 Å². The number of anilines is 1. The zero-order chi connectivity index (χ0) is 21.7. The van der Waals surface area contributed by atoms with E-state index in [1.165, 1.54) is 30.7 Å². The Labute approximate surface area is 175 Å². The Hall–Kier alpha value is -2.91. The van der Waals surface area contributed by atoms with Gasteiger partial charge in [-0.05, 0) is 55.3 Å². The number of carbonyl (C=O) groups is 2. The predicted molar refractivity (Wildman–Crippen MR) is 111 cm³/mol. The number of carbonyl (C=O) groups excluding carboxylic acids is 2. The highest BCUT2D eigenvalue weighted by molar-refractivity contribution is 7.89. The van der Waals surface area contributed by atoms with Crippen LogP contribution in [-0.2, 0) is 19.6 Å². The standard InChI is InChI=1S/C21H24N2O6S/c1-28-18-6-8-19(9-7-18)30(26,27)23-12-10-15(11-13-23)20(24)22-17-5-3-4-16(14-17)21(25)29-2/h3-9,14-15H,10-13H2,1-2H3,(H,22,24). The summed E-state index contributed by atoms with van der Waals surface area (Å²) < 4.78 is 36.8. The van der Waals surface area contributed by atoms with Gasteiger partial charge in [0.1, 0.15) is 5.75 Å². The highest BCUT2D eigenvalue weighted by Gasteiger charge is 2.32. The van der Waals surface area contributed by atoms with Crippen LogP contribution >= 0.6 is 0 Å². The van der Waals surface area contributed by atoms with Crippen molar-refractivity contribution in [1.82, 2.24) is 4.31 Å². The molecule has 1 heterocycles. The van der Waals surface area contributed by atoms with Crippen molar-refractivity contribution >= 4 is 27.6 Å². The van der Waals surface area contributed by atoms with E-state index in [4.69, 9.17) is 4.74 Å². The summed E-state index contributed by atoms with van der Waals surface area (Å²) in [5, 5.41) is 2.80. The zero-order valence-electron chi connectivity index (χ0n) is 16.8. The molecule has 0 aromatic heterocycles. The largest absolute Gasteiger partial charge is 0.497 e. The van der Waals surface area contributed by atoms with E-state index >= 15 is 0 Å². The highest BCUT2D eigenvalue weighted by atomic mass is 32.2. The molecular formula is C21H24N2O6S. The van der Waals surface area contributed by atoms with Crippen LogP contribution in [0.5, 0.6) is 5.75 Å². The van der Waals surface area contributed by atoms with E-state index in [1.807, 2.05) is 0 Å². The lowest BCUT2D eigenvalue weighted by molar-refractivity contribution is -0.120. The minimum absolute atomic E-state index is 0.196. The third-order valence-corrected chi connectivity index (χ3v) is 6.99. The van der Waals surface area contributed by atoms with E-state index in [0.717, 1.165) is 0 Å². The van der Waals surface area contributed by atoms with Gasteiger partial charge in [-0.2, -0.15) is 4.31 Å². The molecule has 1 aliphatic heterocycles. The summed E-state index contributed by atoms with van der Waals surface area (Å²) in [6.07, 6.45) is 0.829. The maximum Gasteiger partial charge on any atom is 0.337 e. The molecule has 0 atom stereocenters. The number of hydrogen-bond donors (Lipinski definition) is 1. The topological polar surface area (TPSA) is 102 Å². The van der Waals surface area contributed by atoms with Gasteiger partial charge in [-0.3, -0.25) is 4.79 Å². The number of hydrogen-bond acceptors (Lipinski definition) is 6. The summed E-state index contributed by atoms with van der Waals surface area (Å²) in [5.74, 6) is -0.406. The Morgan fingerprint density at radius 1 is 1.03 bits per heavy atom. The van der Waals surface area contributed by atoms with E-state index < -0.39 is 16.0 Å². The van der Waals surface area contributed by atoms with Crippen LogP contribution in [0.15, 0.2) is 53.4 Å². The molecule has 0 spiro atoms. The van der Waals surface area contributed by atoms with Crippen LogP contribution in [0.4, 0.5) is 5.69 Å². The lowest BCUT2D eigenvalue weighted by Crippen LogP contribution is -2.41. The average molecular weight is 432 g/mol. The van der Waals surface area contributed by atoms with Crippen molar-refractivity contribution < 1.29 is 27.5 Å². The van der Waals surface area contributed by atoms with Crippen LogP contribution in [0.3, 0.4) is 0 Å². The molecule has 1 N–H and O–H groups in total. The van der Waals surface area contributed by atoms with E-state index in [2.05, 4.69) is 10.1 Å². The minimum atomic E-state index is -3.62. The first kappa shape index (κ1) is 21.8. The van der Waals surface area contributed by atoms with Crippen molar-refractivity contribution in [3.63, 3.8) is 0 Å². The van der Waals surface area contributed by atoms with Gasteiger partial charge in [0, 0.05) is 24.7 Å². The molecule has 1 amide bonds. The number of esters is 1.